The molecule has 129 valence electrons. The summed E-state index contributed by atoms with van der Waals surface area (Å²) in [6.45, 7) is 2.96. The number of nitrogens with zero attached hydrogens (tertiary/aromatic N) is 4. The Hall–Kier alpha value is -3.07. The molecule has 9 nitrogen and oxygen atoms in total. The van der Waals surface area contributed by atoms with Gasteiger partial charge in [-0.1, -0.05) is 0 Å². The summed E-state index contributed by atoms with van der Waals surface area (Å²) in [4.78, 5) is 37.6. The summed E-state index contributed by atoms with van der Waals surface area (Å²) in [5.41, 5.74) is 9.28. The summed E-state index contributed by atoms with van der Waals surface area (Å²) >= 11 is 0. The van der Waals surface area contributed by atoms with Crippen molar-refractivity contribution in [1.29, 1.82) is 0 Å². The topological polar surface area (TPSA) is 121 Å². The monoisotopic (exact) mass is 341 g/mol. The number of hydrogen-bond donors (Lipinski definition) is 1. The van der Waals surface area contributed by atoms with E-state index in [1.165, 1.54) is 6.20 Å². The van der Waals surface area contributed by atoms with Crippen molar-refractivity contribution in [3.63, 3.8) is 0 Å². The zero-order chi connectivity index (χ0) is 18.0. The first kappa shape index (κ1) is 16.8. The molecule has 1 aliphatic rings. The van der Waals surface area contributed by atoms with Gasteiger partial charge in [-0.25, -0.2) is 9.97 Å². The highest BCUT2D eigenvalue weighted by atomic mass is 16.5. The van der Waals surface area contributed by atoms with Crippen molar-refractivity contribution >= 4 is 23.5 Å². The van der Waals surface area contributed by atoms with E-state index in [2.05, 4.69) is 20.3 Å². The summed E-state index contributed by atoms with van der Waals surface area (Å²) in [5.74, 6) is -0.0182. The predicted octanol–water partition coefficient (Wildman–Crippen LogP) is 0.675. The normalized spacial score (nSPS) is 13.4. The van der Waals surface area contributed by atoms with Crippen molar-refractivity contribution in [2.24, 2.45) is 0 Å². The Bertz CT molecular complexity index is 839. The molecule has 2 N–H and O–H groups in total. The summed E-state index contributed by atoms with van der Waals surface area (Å²) in [7, 11) is 1.59. The first-order chi connectivity index (χ1) is 12.0. The Morgan fingerprint density at radius 1 is 1.40 bits per heavy atom. The van der Waals surface area contributed by atoms with Crippen LogP contribution in [0.25, 0.3) is 11.3 Å². The summed E-state index contributed by atoms with van der Waals surface area (Å²) in [5, 5.41) is 2.70. The van der Waals surface area contributed by atoms with Crippen LogP contribution in [0.15, 0.2) is 18.5 Å². The van der Waals surface area contributed by atoms with Gasteiger partial charge < -0.3 is 15.0 Å². The van der Waals surface area contributed by atoms with Gasteiger partial charge in [-0.15, -0.1) is 0 Å². The van der Waals surface area contributed by atoms with Crippen molar-refractivity contribution < 1.29 is 14.3 Å². The Morgan fingerprint density at radius 2 is 2.20 bits per heavy atom. The molecule has 0 aliphatic carbocycles. The Morgan fingerprint density at radius 3 is 2.88 bits per heavy atom. The fraction of sp³-hybridized carbons (Fsp3) is 0.312. The van der Waals surface area contributed by atoms with Crippen LogP contribution in [0.4, 0.5) is 11.6 Å². The number of aryl methyl sites for hydroxylation is 1. The molecule has 0 aromatic carbocycles. The Labute approximate surface area is 144 Å². The standard InChI is InChI=1S/C16H17N6O3/c1-9-5-11(14(17)24)18-6-10(9)12-7-19-15-16(20-12)22(3-4-25-2)8-13(23)21-15/h5-7,17H,3-4,8H2,1-2H3,(H,19,21,23). The molecule has 0 saturated carbocycles. The zero-order valence-corrected chi connectivity index (χ0v) is 13.9. The maximum Gasteiger partial charge on any atom is 0.288 e. The highest BCUT2D eigenvalue weighted by Gasteiger charge is 2.25. The third kappa shape index (κ3) is 3.41. The molecule has 0 spiro atoms. The van der Waals surface area contributed by atoms with E-state index in [4.69, 9.17) is 10.5 Å². The van der Waals surface area contributed by atoms with Crippen LogP contribution in [0.3, 0.4) is 0 Å². The molecule has 25 heavy (non-hydrogen) atoms. The number of aromatic nitrogens is 3. The zero-order valence-electron chi connectivity index (χ0n) is 13.9. The van der Waals surface area contributed by atoms with Crippen LogP contribution in [0.2, 0.25) is 0 Å². The summed E-state index contributed by atoms with van der Waals surface area (Å²) in [6, 6.07) is 1.55. The minimum absolute atomic E-state index is 0.0844. The molecule has 0 bridgehead atoms. The molecule has 2 amide bonds. The van der Waals surface area contributed by atoms with Crippen LogP contribution in [0.1, 0.15) is 16.1 Å². The number of anilines is 2. The van der Waals surface area contributed by atoms with Gasteiger partial charge in [-0.2, -0.15) is 0 Å². The maximum absolute atomic E-state index is 11.8. The van der Waals surface area contributed by atoms with Crippen molar-refractivity contribution in [2.45, 2.75) is 6.92 Å². The van der Waals surface area contributed by atoms with Crippen LogP contribution in [-0.4, -0.2) is 53.6 Å². The first-order valence-corrected chi connectivity index (χ1v) is 7.63. The number of ether oxygens (including phenoxy) is 1. The predicted molar refractivity (Wildman–Crippen MR) is 90.1 cm³/mol. The van der Waals surface area contributed by atoms with Gasteiger partial charge in [0.05, 0.1) is 25.0 Å². The molecular weight excluding hydrogens is 324 g/mol. The van der Waals surface area contributed by atoms with Crippen molar-refractivity contribution in [2.75, 3.05) is 37.0 Å². The van der Waals surface area contributed by atoms with Crippen LogP contribution in [-0.2, 0) is 9.53 Å². The van der Waals surface area contributed by atoms with Crippen LogP contribution in [0, 0.1) is 6.92 Å². The van der Waals surface area contributed by atoms with E-state index >= 15 is 0 Å². The van der Waals surface area contributed by atoms with Gasteiger partial charge in [0.1, 0.15) is 5.69 Å². The fourth-order valence-corrected chi connectivity index (χ4v) is 2.57. The second-order valence-electron chi connectivity index (χ2n) is 5.60. The highest BCUT2D eigenvalue weighted by Crippen LogP contribution is 2.29. The summed E-state index contributed by atoms with van der Waals surface area (Å²) < 4.78 is 5.08. The number of methoxy groups -OCH3 is 1. The first-order valence-electron chi connectivity index (χ1n) is 7.63. The Kier molecular flexibility index (Phi) is 4.57. The number of carbonyl (C=O) groups excluding carboxylic acids is 2. The molecule has 0 saturated heterocycles. The molecule has 1 aliphatic heterocycles. The van der Waals surface area contributed by atoms with Gasteiger partial charge in [-0.3, -0.25) is 20.3 Å². The second kappa shape index (κ2) is 6.81. The fourth-order valence-electron chi connectivity index (χ4n) is 2.57. The molecule has 3 rings (SSSR count). The number of amides is 2. The number of nitrogens with one attached hydrogen (secondary N) is 2. The van der Waals surface area contributed by atoms with Gasteiger partial charge in [0.2, 0.25) is 5.91 Å². The number of fused-ring (bicyclic) bond motifs is 1. The van der Waals surface area contributed by atoms with Gasteiger partial charge in [0.25, 0.3) is 5.91 Å². The lowest BCUT2D eigenvalue weighted by Gasteiger charge is -2.29. The molecule has 0 atom stereocenters. The third-order valence-electron chi connectivity index (χ3n) is 3.83. The smallest absolute Gasteiger partial charge is 0.288 e. The lowest BCUT2D eigenvalue weighted by Crippen LogP contribution is -2.41. The van der Waals surface area contributed by atoms with Crippen LogP contribution >= 0.6 is 0 Å². The van der Waals surface area contributed by atoms with E-state index in [0.717, 1.165) is 5.56 Å². The number of pyridine rings is 1. The molecule has 9 heteroatoms. The largest absolute Gasteiger partial charge is 0.383 e. The molecule has 0 unspecified atom stereocenters. The van der Waals surface area contributed by atoms with Crippen molar-refractivity contribution in [3.8, 4) is 11.3 Å². The average Bonchev–Trinajstić information content (AvgIpc) is 2.59. The van der Waals surface area contributed by atoms with Gasteiger partial charge in [0.15, 0.2) is 11.6 Å². The highest BCUT2D eigenvalue weighted by molar-refractivity contribution is 5.99. The number of hydrogen-bond acceptors (Lipinski definition) is 7. The van der Waals surface area contributed by atoms with Gasteiger partial charge in [0, 0.05) is 25.4 Å². The number of carbonyl (C=O) groups is 2. The maximum atomic E-state index is 11.8. The second-order valence-corrected chi connectivity index (χ2v) is 5.60. The molecular formula is C16H17N6O3. The molecule has 1 radical (unpaired) electrons. The van der Waals surface area contributed by atoms with E-state index in [9.17, 15) is 9.59 Å². The molecule has 2 aromatic heterocycles. The van der Waals surface area contributed by atoms with Crippen molar-refractivity contribution in [3.05, 3.63) is 29.7 Å². The minimum Gasteiger partial charge on any atom is -0.383 e. The lowest BCUT2D eigenvalue weighted by molar-refractivity contribution is -0.115. The van der Waals surface area contributed by atoms with Crippen LogP contribution < -0.4 is 16.0 Å². The van der Waals surface area contributed by atoms with E-state index in [1.54, 1.807) is 24.3 Å². The van der Waals surface area contributed by atoms with Gasteiger partial charge >= 0.3 is 0 Å². The lowest BCUT2D eigenvalue weighted by atomic mass is 10.1. The third-order valence-corrected chi connectivity index (χ3v) is 3.83. The molecule has 2 aromatic rings. The van der Waals surface area contributed by atoms with Crippen molar-refractivity contribution in [1.82, 2.24) is 20.7 Å². The average molecular weight is 341 g/mol. The van der Waals surface area contributed by atoms with E-state index in [-0.39, 0.29) is 18.1 Å². The molecule has 3 heterocycles. The minimum atomic E-state index is -0.834. The number of rotatable bonds is 5. The quantitative estimate of drug-likeness (QED) is 0.848. The summed E-state index contributed by atoms with van der Waals surface area (Å²) in [6.07, 6.45) is 3.06. The molecule has 0 fully saturated rings. The van der Waals surface area contributed by atoms with E-state index < -0.39 is 5.91 Å². The van der Waals surface area contributed by atoms with Gasteiger partial charge in [-0.05, 0) is 18.6 Å². The Balaban J connectivity index is 2.00. The SMILES string of the molecule is COCCN1CC(=O)Nc2ncc(-c3cnc(C([NH])=O)cc3C)nc21. The van der Waals surface area contributed by atoms with E-state index in [0.29, 0.717) is 36.0 Å². The van der Waals surface area contributed by atoms with Crippen LogP contribution in [0.5, 0.6) is 0 Å². The van der Waals surface area contributed by atoms with E-state index in [1.807, 2.05) is 6.92 Å².